The largest absolute Gasteiger partial charge is 0.464 e. The number of hydrogen-bond donors (Lipinski definition) is 0. The van der Waals surface area contributed by atoms with Gasteiger partial charge in [-0.25, -0.2) is 0 Å². The van der Waals surface area contributed by atoms with Crippen LogP contribution in [0.2, 0.25) is 0 Å². The molecule has 0 spiro atoms. The van der Waals surface area contributed by atoms with Crippen LogP contribution >= 0.6 is 0 Å². The highest BCUT2D eigenvalue weighted by Crippen LogP contribution is 2.63. The van der Waals surface area contributed by atoms with Crippen LogP contribution in [0.25, 0.3) is 0 Å². The van der Waals surface area contributed by atoms with E-state index in [0.29, 0.717) is 49.4 Å². The highest BCUT2D eigenvalue weighted by Gasteiger charge is 2.61. The average molecular weight is 1270 g/mol. The summed E-state index contributed by atoms with van der Waals surface area (Å²) in [5.74, 6) is 0.560. The molecule has 4 aromatic carbocycles. The minimum absolute atomic E-state index is 0.0148. The zero-order valence-electron chi connectivity index (χ0n) is 60.3. The molecule has 0 radical (unpaired) electrons. The molecule has 93 heavy (non-hydrogen) atoms. The number of hydrogen-bond acceptors (Lipinski definition) is 8. The van der Waals surface area contributed by atoms with Crippen LogP contribution in [0.4, 0.5) is 0 Å². The van der Waals surface area contributed by atoms with Crippen LogP contribution in [0, 0.1) is 50.7 Å². The smallest absolute Gasteiger partial charge is 0.312 e. The first kappa shape index (κ1) is 67.7. The molecule has 4 aromatic rings. The summed E-state index contributed by atoms with van der Waals surface area (Å²) in [4.78, 5) is 63.4. The van der Waals surface area contributed by atoms with Gasteiger partial charge in [0.15, 0.2) is 0 Å². The van der Waals surface area contributed by atoms with Crippen LogP contribution in [-0.4, -0.2) is 50.3 Å². The molecule has 0 saturated heterocycles. The predicted octanol–water partition coefficient (Wildman–Crippen LogP) is 19.5. The number of carbonyl (C=O) groups excluding carboxylic acids is 4. The number of benzene rings is 4. The standard InChI is InChI=1S/C85H116O8/c1-53(2)57-21-29-65-61(45-57)25-33-69-77(65,9)37-17-41-81(69,13)73(86)90-49-85(50-91-74(87)82(14)42-18-38-78(10)66-30-22-58(54(3)4)46-62(66)26-34-70(78)82,51-92-75(88)83(15)43-19-39-79(11)67-31-23-59(55(5)6)47-63(67)27-35-71(79)83)52-93-76(89)84(16)44-20-40-80(12)68-32-24-60(56(7)8)48-64(68)28-36-72(80)84/h21-24,29-32,45-48,53-56,69-72H,17-20,25-28,33-44,49-52H2,1-16H3/t69?,70?,71?,72?,77-,78-,79+,80?,81+,82+,83-,84-,85?/m1/s1. The SMILES string of the molecule is CC(C)c1ccc2c(c1)CCC1C2(C)CCC[C@@]1(C)C(=O)OCC(COC(=O)[C@]1(C)CCC[C@@]2(C)c3ccc(C(C)C)cc3CCC12)(COC(=O)[C@@]1(C)CCC[C@]2(C)c3ccc(C(C)C)cc3CCC12)COC(=O)[C@@]1(C)CCC[C@]2(C)c3ccc(C(C)C)cc3CCC12. The van der Waals surface area contributed by atoms with E-state index in [4.69, 9.17) is 18.9 Å². The molecule has 4 fully saturated rings. The summed E-state index contributed by atoms with van der Waals surface area (Å²) in [6.45, 7) is 35.0. The molecule has 8 aliphatic carbocycles. The van der Waals surface area contributed by atoms with Gasteiger partial charge in [0.1, 0.15) is 31.8 Å². The minimum Gasteiger partial charge on any atom is -0.464 e. The molecule has 0 aliphatic heterocycles. The Kier molecular flexibility index (Phi) is 18.0. The normalized spacial score (nSPS) is 34.1. The number of ether oxygens (including phenoxy) is 4. The van der Waals surface area contributed by atoms with Gasteiger partial charge in [0.05, 0.1) is 21.7 Å². The molecule has 12 rings (SSSR count). The van der Waals surface area contributed by atoms with Gasteiger partial charge in [-0.05, 0) is 266 Å². The number of rotatable bonds is 16. The number of carbonyl (C=O) groups is 4. The maximum absolute atomic E-state index is 15.8. The predicted molar refractivity (Wildman–Crippen MR) is 373 cm³/mol. The van der Waals surface area contributed by atoms with Crippen molar-refractivity contribution in [3.05, 3.63) is 140 Å². The van der Waals surface area contributed by atoms with Crippen molar-refractivity contribution in [3.63, 3.8) is 0 Å². The number of esters is 4. The second-order valence-corrected chi connectivity index (χ2v) is 35.2. The minimum atomic E-state index is -1.46. The molecule has 0 bridgehead atoms. The van der Waals surface area contributed by atoms with Gasteiger partial charge in [-0.15, -0.1) is 0 Å². The van der Waals surface area contributed by atoms with E-state index >= 15 is 19.2 Å². The van der Waals surface area contributed by atoms with Crippen LogP contribution in [0.1, 0.15) is 304 Å². The van der Waals surface area contributed by atoms with Crippen molar-refractivity contribution >= 4 is 23.9 Å². The third-order valence-corrected chi connectivity index (χ3v) is 28.1. The third kappa shape index (κ3) is 11.3. The summed E-state index contributed by atoms with van der Waals surface area (Å²) in [5.41, 5.74) is 10.5. The van der Waals surface area contributed by atoms with E-state index in [9.17, 15) is 0 Å². The molecular formula is C85H116O8. The third-order valence-electron chi connectivity index (χ3n) is 28.1. The Hall–Kier alpha value is -5.24. The zero-order valence-corrected chi connectivity index (χ0v) is 60.3. The molecule has 12 atom stereocenters. The maximum atomic E-state index is 15.8. The average Bonchev–Trinajstić information content (AvgIpc) is 0.750. The van der Waals surface area contributed by atoms with Crippen LogP contribution < -0.4 is 0 Å². The molecule has 0 amide bonds. The second kappa shape index (κ2) is 24.7. The first-order chi connectivity index (χ1) is 43.9. The fraction of sp³-hybridized carbons (Fsp3) is 0.671. The summed E-state index contributed by atoms with van der Waals surface area (Å²) in [6, 6.07) is 28.1. The topological polar surface area (TPSA) is 105 Å². The number of aryl methyl sites for hydroxylation is 4. The lowest BCUT2D eigenvalue weighted by molar-refractivity contribution is -0.192. The summed E-state index contributed by atoms with van der Waals surface area (Å²) in [6.07, 6.45) is 17.1. The van der Waals surface area contributed by atoms with Gasteiger partial charge in [-0.2, -0.15) is 0 Å². The summed E-state index contributed by atoms with van der Waals surface area (Å²) in [7, 11) is 0. The summed E-state index contributed by atoms with van der Waals surface area (Å²) >= 11 is 0. The van der Waals surface area contributed by atoms with Crippen molar-refractivity contribution in [2.45, 2.75) is 285 Å². The maximum Gasteiger partial charge on any atom is 0.312 e. The second-order valence-electron chi connectivity index (χ2n) is 35.2. The first-order valence-corrected chi connectivity index (χ1v) is 37.1. The van der Waals surface area contributed by atoms with Crippen molar-refractivity contribution in [1.29, 1.82) is 0 Å². The van der Waals surface area contributed by atoms with Crippen LogP contribution in [-0.2, 0) is 85.5 Å². The summed E-state index contributed by atoms with van der Waals surface area (Å²) < 4.78 is 27.9. The lowest BCUT2D eigenvalue weighted by atomic mass is 9.49. The van der Waals surface area contributed by atoms with Crippen molar-refractivity contribution in [1.82, 2.24) is 0 Å². The molecular weight excluding hydrogens is 1150 g/mol. The van der Waals surface area contributed by atoms with E-state index in [1.807, 2.05) is 0 Å². The van der Waals surface area contributed by atoms with Crippen LogP contribution in [0.5, 0.6) is 0 Å². The molecule has 0 N–H and O–H groups in total. The first-order valence-electron chi connectivity index (χ1n) is 37.1. The van der Waals surface area contributed by atoms with E-state index in [1.165, 1.54) is 66.8 Å². The van der Waals surface area contributed by atoms with E-state index < -0.39 is 27.1 Å². The van der Waals surface area contributed by atoms with Gasteiger partial charge in [-0.3, -0.25) is 19.2 Å². The van der Waals surface area contributed by atoms with Crippen molar-refractivity contribution in [2.75, 3.05) is 26.4 Å². The van der Waals surface area contributed by atoms with E-state index in [1.54, 1.807) is 0 Å². The van der Waals surface area contributed by atoms with Crippen LogP contribution in [0.3, 0.4) is 0 Å². The van der Waals surface area contributed by atoms with Gasteiger partial charge in [0, 0.05) is 0 Å². The molecule has 8 nitrogen and oxygen atoms in total. The highest BCUT2D eigenvalue weighted by molar-refractivity contribution is 5.80. The van der Waals surface area contributed by atoms with Gasteiger partial charge < -0.3 is 18.9 Å². The van der Waals surface area contributed by atoms with Crippen molar-refractivity contribution in [2.24, 2.45) is 50.7 Å². The lowest BCUT2D eigenvalue weighted by Gasteiger charge is -2.55. The molecule has 8 aliphatic rings. The molecule has 5 unspecified atom stereocenters. The quantitative estimate of drug-likeness (QED) is 0.0807. The van der Waals surface area contributed by atoms with E-state index in [0.717, 1.165) is 103 Å². The van der Waals surface area contributed by atoms with Gasteiger partial charge in [-0.1, -0.05) is 182 Å². The van der Waals surface area contributed by atoms with Gasteiger partial charge in [0.2, 0.25) is 0 Å². The van der Waals surface area contributed by atoms with E-state index in [-0.39, 0.29) is 95.6 Å². The van der Waals surface area contributed by atoms with Crippen molar-refractivity contribution < 1.29 is 38.1 Å². The van der Waals surface area contributed by atoms with Crippen LogP contribution in [0.15, 0.2) is 72.8 Å². The van der Waals surface area contributed by atoms with Gasteiger partial charge >= 0.3 is 23.9 Å². The molecule has 8 heteroatoms. The Labute approximate surface area is 560 Å². The highest BCUT2D eigenvalue weighted by atomic mass is 16.6. The Morgan fingerprint density at radius 2 is 0.548 bits per heavy atom. The number of fused-ring (bicyclic) bond motifs is 12. The Bertz CT molecular complexity index is 3070. The fourth-order valence-electron chi connectivity index (χ4n) is 22.2. The molecule has 0 heterocycles. The van der Waals surface area contributed by atoms with Gasteiger partial charge in [0.25, 0.3) is 0 Å². The fourth-order valence-corrected chi connectivity index (χ4v) is 22.2. The molecule has 504 valence electrons. The monoisotopic (exact) mass is 1260 g/mol. The Balaban J connectivity index is 0.905. The molecule has 4 saturated carbocycles. The lowest BCUT2D eigenvalue weighted by Crippen LogP contribution is -2.56. The zero-order chi connectivity index (χ0) is 66.6. The Morgan fingerprint density at radius 1 is 0.344 bits per heavy atom. The Morgan fingerprint density at radius 3 is 0.742 bits per heavy atom. The van der Waals surface area contributed by atoms with Crippen molar-refractivity contribution in [3.8, 4) is 0 Å². The van der Waals surface area contributed by atoms with E-state index in [2.05, 4.69) is 184 Å². The summed E-state index contributed by atoms with van der Waals surface area (Å²) in [5, 5.41) is 0. The molecule has 0 aromatic heterocycles.